The molecule has 3 amide bonds. The lowest BCUT2D eigenvalue weighted by Crippen LogP contribution is -2.35. The van der Waals surface area contributed by atoms with Gasteiger partial charge in [-0.15, -0.1) is 0 Å². The maximum absolute atomic E-state index is 11.6. The molecule has 1 rings (SSSR count). The third kappa shape index (κ3) is 2.45. The van der Waals surface area contributed by atoms with Crippen LogP contribution in [0.15, 0.2) is 0 Å². The van der Waals surface area contributed by atoms with E-state index in [9.17, 15) is 14.4 Å². The summed E-state index contributed by atoms with van der Waals surface area (Å²) in [7, 11) is 0. The summed E-state index contributed by atoms with van der Waals surface area (Å²) in [6, 6.07) is -1.02. The molecule has 1 fully saturated rings. The Morgan fingerprint density at radius 3 is 2.53 bits per heavy atom. The van der Waals surface area contributed by atoms with E-state index < -0.39 is 18.0 Å². The molecular formula is C9H14N2O4. The summed E-state index contributed by atoms with van der Waals surface area (Å²) >= 11 is 0. The third-order valence-corrected chi connectivity index (χ3v) is 2.27. The first-order valence-electron chi connectivity index (χ1n) is 4.77. The number of hydrogen-bond donors (Lipinski definition) is 2. The molecule has 0 radical (unpaired) electrons. The molecule has 84 valence electrons. The summed E-state index contributed by atoms with van der Waals surface area (Å²) in [6.45, 7) is 3.58. The Kier molecular flexibility index (Phi) is 3.28. The van der Waals surface area contributed by atoms with Crippen LogP contribution in [0.3, 0.4) is 0 Å². The highest BCUT2D eigenvalue weighted by molar-refractivity contribution is 6.04. The number of carboxylic acids is 1. The third-order valence-electron chi connectivity index (χ3n) is 2.27. The van der Waals surface area contributed by atoms with E-state index in [1.165, 1.54) is 0 Å². The smallest absolute Gasteiger partial charge is 0.324 e. The largest absolute Gasteiger partial charge is 0.481 e. The van der Waals surface area contributed by atoms with E-state index in [4.69, 9.17) is 5.11 Å². The van der Waals surface area contributed by atoms with E-state index in [-0.39, 0.29) is 24.8 Å². The number of nitrogens with zero attached hydrogens (tertiary/aromatic N) is 1. The van der Waals surface area contributed by atoms with Crippen LogP contribution in [0.1, 0.15) is 20.3 Å². The number of carboxylic acid groups (broad SMARTS) is 1. The predicted molar refractivity (Wildman–Crippen MR) is 51.1 cm³/mol. The van der Waals surface area contributed by atoms with Gasteiger partial charge in [-0.2, -0.15) is 0 Å². The first-order valence-corrected chi connectivity index (χ1v) is 4.77. The maximum atomic E-state index is 11.6. The monoisotopic (exact) mass is 214 g/mol. The number of amides is 3. The molecule has 1 saturated heterocycles. The van der Waals surface area contributed by atoms with Gasteiger partial charge in [0.25, 0.3) is 5.91 Å². The molecule has 15 heavy (non-hydrogen) atoms. The Morgan fingerprint density at radius 2 is 2.13 bits per heavy atom. The maximum Gasteiger partial charge on any atom is 0.324 e. The van der Waals surface area contributed by atoms with Gasteiger partial charge in [-0.25, -0.2) is 4.79 Å². The number of aliphatic carboxylic acids is 1. The van der Waals surface area contributed by atoms with E-state index in [1.54, 1.807) is 0 Å². The van der Waals surface area contributed by atoms with Gasteiger partial charge in [-0.1, -0.05) is 13.8 Å². The molecule has 6 heteroatoms. The van der Waals surface area contributed by atoms with Crippen molar-refractivity contribution in [1.29, 1.82) is 0 Å². The predicted octanol–water partition coefficient (Wildman–Crippen LogP) is 0.0375. The van der Waals surface area contributed by atoms with Crippen molar-refractivity contribution in [3.63, 3.8) is 0 Å². The standard InChI is InChI=1S/C9H14N2O4/c1-5(2)7-8(14)11(9(15)10-7)4-3-6(12)13/h5,7H,3-4H2,1-2H3,(H,10,15)(H,12,13). The van der Waals surface area contributed by atoms with Crippen molar-refractivity contribution in [3.05, 3.63) is 0 Å². The number of rotatable bonds is 4. The molecule has 0 aromatic carbocycles. The van der Waals surface area contributed by atoms with Crippen molar-refractivity contribution < 1.29 is 19.5 Å². The minimum absolute atomic E-state index is 0.0104. The molecule has 0 bridgehead atoms. The van der Waals surface area contributed by atoms with Gasteiger partial charge in [0.15, 0.2) is 0 Å². The van der Waals surface area contributed by atoms with Crippen LogP contribution in [0.5, 0.6) is 0 Å². The second-order valence-corrected chi connectivity index (χ2v) is 3.80. The summed E-state index contributed by atoms with van der Waals surface area (Å²) < 4.78 is 0. The van der Waals surface area contributed by atoms with Crippen molar-refractivity contribution in [2.45, 2.75) is 26.3 Å². The van der Waals surface area contributed by atoms with Crippen LogP contribution in [-0.2, 0) is 9.59 Å². The van der Waals surface area contributed by atoms with Gasteiger partial charge in [0.2, 0.25) is 0 Å². The molecule has 1 aliphatic rings. The Balaban J connectivity index is 2.63. The molecule has 2 N–H and O–H groups in total. The Morgan fingerprint density at radius 1 is 1.53 bits per heavy atom. The van der Waals surface area contributed by atoms with Gasteiger partial charge in [0, 0.05) is 6.54 Å². The number of nitrogens with one attached hydrogen (secondary N) is 1. The lowest BCUT2D eigenvalue weighted by molar-refractivity contribution is -0.137. The Hall–Kier alpha value is -1.59. The summed E-state index contributed by atoms with van der Waals surface area (Å²) in [4.78, 5) is 34.2. The molecule has 1 heterocycles. The topological polar surface area (TPSA) is 86.7 Å². The quantitative estimate of drug-likeness (QED) is 0.647. The second kappa shape index (κ2) is 4.29. The molecule has 6 nitrogen and oxygen atoms in total. The van der Waals surface area contributed by atoms with Crippen LogP contribution in [0.4, 0.5) is 4.79 Å². The highest BCUT2D eigenvalue weighted by Gasteiger charge is 2.39. The van der Waals surface area contributed by atoms with Gasteiger partial charge >= 0.3 is 12.0 Å². The van der Waals surface area contributed by atoms with E-state index in [1.807, 2.05) is 13.8 Å². The van der Waals surface area contributed by atoms with E-state index in [0.29, 0.717) is 0 Å². The summed E-state index contributed by atoms with van der Waals surface area (Å²) in [5.41, 5.74) is 0. The molecule has 0 spiro atoms. The highest BCUT2D eigenvalue weighted by Crippen LogP contribution is 2.13. The number of hydrogen-bond acceptors (Lipinski definition) is 3. The molecule has 0 aliphatic carbocycles. The molecule has 1 aliphatic heterocycles. The number of urea groups is 1. The van der Waals surface area contributed by atoms with Crippen LogP contribution in [0.2, 0.25) is 0 Å². The van der Waals surface area contributed by atoms with Gasteiger partial charge in [-0.05, 0) is 5.92 Å². The number of imide groups is 1. The van der Waals surface area contributed by atoms with E-state index >= 15 is 0 Å². The summed E-state index contributed by atoms with van der Waals surface area (Å²) in [6.07, 6.45) is -0.218. The second-order valence-electron chi connectivity index (χ2n) is 3.80. The van der Waals surface area contributed by atoms with Crippen molar-refractivity contribution in [1.82, 2.24) is 10.2 Å². The van der Waals surface area contributed by atoms with Crippen LogP contribution in [-0.4, -0.2) is 40.5 Å². The zero-order chi connectivity index (χ0) is 11.6. The molecule has 0 saturated carbocycles. The fraction of sp³-hybridized carbons (Fsp3) is 0.667. The Labute approximate surface area is 87.2 Å². The minimum atomic E-state index is -1.02. The van der Waals surface area contributed by atoms with E-state index in [0.717, 1.165) is 4.90 Å². The van der Waals surface area contributed by atoms with Crippen LogP contribution >= 0.6 is 0 Å². The Bertz CT molecular complexity index is 300. The van der Waals surface area contributed by atoms with Crippen molar-refractivity contribution in [2.24, 2.45) is 5.92 Å². The molecule has 1 unspecified atom stereocenters. The SMILES string of the molecule is CC(C)C1NC(=O)N(CCC(=O)O)C1=O. The van der Waals surface area contributed by atoms with Gasteiger partial charge in [0.1, 0.15) is 6.04 Å². The molecular weight excluding hydrogens is 200 g/mol. The van der Waals surface area contributed by atoms with Crippen molar-refractivity contribution >= 4 is 17.9 Å². The first kappa shape index (κ1) is 11.5. The lowest BCUT2D eigenvalue weighted by atomic mass is 10.1. The molecule has 0 aromatic rings. The van der Waals surface area contributed by atoms with Crippen molar-refractivity contribution in [2.75, 3.05) is 6.54 Å². The zero-order valence-electron chi connectivity index (χ0n) is 8.69. The minimum Gasteiger partial charge on any atom is -0.481 e. The average Bonchev–Trinajstić information content (AvgIpc) is 2.39. The average molecular weight is 214 g/mol. The summed E-state index contributed by atoms with van der Waals surface area (Å²) in [5, 5.41) is 11.0. The van der Waals surface area contributed by atoms with Crippen molar-refractivity contribution in [3.8, 4) is 0 Å². The highest BCUT2D eigenvalue weighted by atomic mass is 16.4. The van der Waals surface area contributed by atoms with Crippen LogP contribution in [0, 0.1) is 5.92 Å². The number of carbonyl (C=O) groups is 3. The molecule has 0 aromatic heterocycles. The fourth-order valence-electron chi connectivity index (χ4n) is 1.41. The van der Waals surface area contributed by atoms with Crippen LogP contribution in [0.25, 0.3) is 0 Å². The zero-order valence-corrected chi connectivity index (χ0v) is 8.69. The van der Waals surface area contributed by atoms with E-state index in [2.05, 4.69) is 5.32 Å². The van der Waals surface area contributed by atoms with Gasteiger partial charge in [-0.3, -0.25) is 14.5 Å². The number of carbonyl (C=O) groups excluding carboxylic acids is 2. The molecule has 1 atom stereocenters. The normalized spacial score (nSPS) is 21.0. The lowest BCUT2D eigenvalue weighted by Gasteiger charge is -2.13. The van der Waals surface area contributed by atoms with Crippen LogP contribution < -0.4 is 5.32 Å². The van der Waals surface area contributed by atoms with Gasteiger partial charge < -0.3 is 10.4 Å². The summed E-state index contributed by atoms with van der Waals surface area (Å²) in [5.74, 6) is -1.35. The first-order chi connectivity index (χ1) is 6.93. The van der Waals surface area contributed by atoms with Gasteiger partial charge in [0.05, 0.1) is 6.42 Å². The fourth-order valence-corrected chi connectivity index (χ4v) is 1.41.